The number of ether oxygens (including phenoxy) is 1. The van der Waals surface area contributed by atoms with E-state index in [4.69, 9.17) is 4.74 Å². The monoisotopic (exact) mass is 235 g/mol. The van der Waals surface area contributed by atoms with Crippen molar-refractivity contribution in [1.82, 2.24) is 4.90 Å². The molecule has 0 aromatic heterocycles. The second kappa shape index (κ2) is 7.85. The molecule has 3 heteroatoms. The minimum atomic E-state index is 0.0600. The van der Waals surface area contributed by atoms with E-state index in [0.717, 1.165) is 12.0 Å². The Labute approximate surface area is 103 Å². The molecule has 94 valence electrons. The van der Waals surface area contributed by atoms with E-state index < -0.39 is 0 Å². The van der Waals surface area contributed by atoms with Gasteiger partial charge in [-0.1, -0.05) is 37.3 Å². The van der Waals surface area contributed by atoms with Crippen molar-refractivity contribution in [2.45, 2.75) is 26.8 Å². The van der Waals surface area contributed by atoms with Gasteiger partial charge in [0.1, 0.15) is 6.61 Å². The van der Waals surface area contributed by atoms with Gasteiger partial charge >= 0.3 is 0 Å². The summed E-state index contributed by atoms with van der Waals surface area (Å²) in [5, 5.41) is 0. The van der Waals surface area contributed by atoms with Crippen molar-refractivity contribution in [2.24, 2.45) is 0 Å². The summed E-state index contributed by atoms with van der Waals surface area (Å²) in [6.45, 7) is 6.23. The lowest BCUT2D eigenvalue weighted by Gasteiger charge is -2.20. The average molecular weight is 235 g/mol. The summed E-state index contributed by atoms with van der Waals surface area (Å²) in [7, 11) is 0. The van der Waals surface area contributed by atoms with Crippen LogP contribution < -0.4 is 0 Å². The fourth-order valence-corrected chi connectivity index (χ4v) is 1.58. The molecule has 1 amide bonds. The molecular weight excluding hydrogens is 214 g/mol. The first-order valence-electron chi connectivity index (χ1n) is 6.17. The molecule has 0 aliphatic rings. The average Bonchev–Trinajstić information content (AvgIpc) is 2.37. The van der Waals surface area contributed by atoms with Crippen molar-refractivity contribution in [1.29, 1.82) is 0 Å². The highest BCUT2D eigenvalue weighted by Gasteiger charge is 2.11. The topological polar surface area (TPSA) is 29.5 Å². The first-order valence-corrected chi connectivity index (χ1v) is 6.17. The van der Waals surface area contributed by atoms with Crippen LogP contribution in [0.1, 0.15) is 25.8 Å². The van der Waals surface area contributed by atoms with E-state index >= 15 is 0 Å². The fraction of sp³-hybridized carbons (Fsp3) is 0.500. The number of rotatable bonds is 7. The van der Waals surface area contributed by atoms with Crippen LogP contribution in [0, 0.1) is 0 Å². The van der Waals surface area contributed by atoms with Gasteiger partial charge in [-0.25, -0.2) is 0 Å². The maximum atomic E-state index is 11.9. The number of likely N-dealkylation sites (N-methyl/N-ethyl adjacent to an activating group) is 1. The molecule has 0 bridgehead atoms. The lowest BCUT2D eigenvalue weighted by molar-refractivity contribution is -0.136. The van der Waals surface area contributed by atoms with Crippen LogP contribution in [0.4, 0.5) is 0 Å². The van der Waals surface area contributed by atoms with Gasteiger partial charge in [0.15, 0.2) is 0 Å². The standard InChI is InChI=1S/C14H21NO2/c1-3-10-17-12-14(16)15(4-2)11-13-8-6-5-7-9-13/h5-9H,3-4,10-12H2,1-2H3. The van der Waals surface area contributed by atoms with Gasteiger partial charge in [0, 0.05) is 19.7 Å². The first-order chi connectivity index (χ1) is 8.27. The smallest absolute Gasteiger partial charge is 0.248 e. The van der Waals surface area contributed by atoms with Gasteiger partial charge < -0.3 is 9.64 Å². The second-order valence-corrected chi connectivity index (χ2v) is 3.95. The van der Waals surface area contributed by atoms with Crippen LogP contribution in [0.3, 0.4) is 0 Å². The number of hydrogen-bond donors (Lipinski definition) is 0. The molecule has 1 aromatic carbocycles. The highest BCUT2D eigenvalue weighted by molar-refractivity contribution is 5.77. The molecule has 0 atom stereocenters. The zero-order chi connectivity index (χ0) is 12.5. The van der Waals surface area contributed by atoms with E-state index in [1.807, 2.05) is 49.1 Å². The van der Waals surface area contributed by atoms with Gasteiger partial charge in [-0.05, 0) is 18.9 Å². The second-order valence-electron chi connectivity index (χ2n) is 3.95. The molecule has 1 aromatic rings. The Morgan fingerprint density at radius 1 is 1.24 bits per heavy atom. The van der Waals surface area contributed by atoms with Crippen LogP contribution in [0.15, 0.2) is 30.3 Å². The Balaban J connectivity index is 2.45. The zero-order valence-electron chi connectivity index (χ0n) is 10.7. The van der Waals surface area contributed by atoms with Crippen molar-refractivity contribution in [3.8, 4) is 0 Å². The van der Waals surface area contributed by atoms with Crippen LogP contribution in [-0.4, -0.2) is 30.6 Å². The Morgan fingerprint density at radius 2 is 1.94 bits per heavy atom. The molecule has 0 N–H and O–H groups in total. The Bertz CT molecular complexity index is 324. The third-order valence-corrected chi connectivity index (χ3v) is 2.52. The van der Waals surface area contributed by atoms with E-state index in [1.165, 1.54) is 0 Å². The molecule has 0 saturated carbocycles. The third kappa shape index (κ3) is 5.00. The number of hydrogen-bond acceptors (Lipinski definition) is 2. The number of nitrogens with zero attached hydrogens (tertiary/aromatic N) is 1. The number of carbonyl (C=O) groups excluding carboxylic acids is 1. The maximum absolute atomic E-state index is 11.9. The number of amides is 1. The van der Waals surface area contributed by atoms with Crippen molar-refractivity contribution in [2.75, 3.05) is 19.8 Å². The fourth-order valence-electron chi connectivity index (χ4n) is 1.58. The molecule has 0 radical (unpaired) electrons. The molecule has 0 spiro atoms. The first kappa shape index (κ1) is 13.7. The van der Waals surface area contributed by atoms with Gasteiger partial charge in [-0.3, -0.25) is 4.79 Å². The van der Waals surface area contributed by atoms with E-state index in [2.05, 4.69) is 0 Å². The van der Waals surface area contributed by atoms with Gasteiger partial charge in [0.2, 0.25) is 5.91 Å². The summed E-state index contributed by atoms with van der Waals surface area (Å²) >= 11 is 0. The lowest BCUT2D eigenvalue weighted by Crippen LogP contribution is -2.33. The summed E-state index contributed by atoms with van der Waals surface area (Å²) in [6.07, 6.45) is 0.943. The Kier molecular flexibility index (Phi) is 6.33. The third-order valence-electron chi connectivity index (χ3n) is 2.52. The molecule has 3 nitrogen and oxygen atoms in total. The quantitative estimate of drug-likeness (QED) is 0.679. The van der Waals surface area contributed by atoms with Crippen LogP contribution >= 0.6 is 0 Å². The van der Waals surface area contributed by atoms with E-state index in [-0.39, 0.29) is 12.5 Å². The van der Waals surface area contributed by atoms with Gasteiger partial charge in [-0.2, -0.15) is 0 Å². The van der Waals surface area contributed by atoms with E-state index in [9.17, 15) is 4.79 Å². The van der Waals surface area contributed by atoms with Gasteiger partial charge in [-0.15, -0.1) is 0 Å². The Morgan fingerprint density at radius 3 is 2.53 bits per heavy atom. The molecule has 17 heavy (non-hydrogen) atoms. The molecule has 0 aliphatic carbocycles. The SMILES string of the molecule is CCCOCC(=O)N(CC)Cc1ccccc1. The summed E-state index contributed by atoms with van der Waals surface area (Å²) in [5.41, 5.74) is 1.15. The van der Waals surface area contributed by atoms with Gasteiger partial charge in [0.25, 0.3) is 0 Å². The highest BCUT2D eigenvalue weighted by Crippen LogP contribution is 2.04. The summed E-state index contributed by atoms with van der Waals surface area (Å²) in [6, 6.07) is 10.0. The Hall–Kier alpha value is -1.35. The van der Waals surface area contributed by atoms with Gasteiger partial charge in [0.05, 0.1) is 0 Å². The molecule has 0 unspecified atom stereocenters. The summed E-state index contributed by atoms with van der Waals surface area (Å²) in [4.78, 5) is 13.7. The minimum Gasteiger partial charge on any atom is -0.372 e. The van der Waals surface area contributed by atoms with Crippen molar-refractivity contribution in [3.05, 3.63) is 35.9 Å². The predicted molar refractivity (Wildman–Crippen MR) is 68.6 cm³/mol. The van der Waals surface area contributed by atoms with Crippen LogP contribution in [0.5, 0.6) is 0 Å². The number of carbonyl (C=O) groups is 1. The minimum absolute atomic E-state index is 0.0600. The predicted octanol–water partition coefficient (Wildman–Crippen LogP) is 2.46. The van der Waals surface area contributed by atoms with E-state index in [0.29, 0.717) is 19.7 Å². The number of benzene rings is 1. The highest BCUT2D eigenvalue weighted by atomic mass is 16.5. The van der Waals surface area contributed by atoms with E-state index in [1.54, 1.807) is 0 Å². The van der Waals surface area contributed by atoms with Crippen LogP contribution in [0.2, 0.25) is 0 Å². The van der Waals surface area contributed by atoms with Crippen LogP contribution in [-0.2, 0) is 16.1 Å². The van der Waals surface area contributed by atoms with Crippen molar-refractivity contribution >= 4 is 5.91 Å². The zero-order valence-corrected chi connectivity index (χ0v) is 10.7. The molecule has 1 rings (SSSR count). The molecule has 0 heterocycles. The van der Waals surface area contributed by atoms with Crippen molar-refractivity contribution < 1.29 is 9.53 Å². The summed E-state index contributed by atoms with van der Waals surface area (Å²) < 4.78 is 5.27. The van der Waals surface area contributed by atoms with Crippen LogP contribution in [0.25, 0.3) is 0 Å². The summed E-state index contributed by atoms with van der Waals surface area (Å²) in [5.74, 6) is 0.0600. The molecule has 0 saturated heterocycles. The largest absolute Gasteiger partial charge is 0.372 e. The normalized spacial score (nSPS) is 10.2. The maximum Gasteiger partial charge on any atom is 0.248 e. The molecule has 0 fully saturated rings. The van der Waals surface area contributed by atoms with Crippen molar-refractivity contribution in [3.63, 3.8) is 0 Å². The lowest BCUT2D eigenvalue weighted by atomic mass is 10.2. The molecular formula is C14H21NO2. The molecule has 0 aliphatic heterocycles.